The van der Waals surface area contributed by atoms with Crippen molar-refractivity contribution >= 4 is 21.8 Å². The number of hydrogen-bond acceptors (Lipinski definition) is 2. The molecule has 0 atom stereocenters. The summed E-state index contributed by atoms with van der Waals surface area (Å²) in [5.41, 5.74) is 2.34. The highest BCUT2D eigenvalue weighted by Crippen LogP contribution is 2.15. The lowest BCUT2D eigenvalue weighted by molar-refractivity contribution is 0.0743. The van der Waals surface area contributed by atoms with Crippen molar-refractivity contribution in [2.45, 2.75) is 19.9 Å². The van der Waals surface area contributed by atoms with Gasteiger partial charge in [0.25, 0.3) is 5.91 Å². The first kappa shape index (κ1) is 16.3. The molecular formula is C18H17BrN2O. The Morgan fingerprint density at radius 2 is 1.77 bits per heavy atom. The van der Waals surface area contributed by atoms with Gasteiger partial charge < -0.3 is 4.90 Å². The number of nitrogens with zero attached hydrogens (tertiary/aromatic N) is 2. The lowest BCUT2D eigenvalue weighted by Crippen LogP contribution is -2.31. The lowest BCUT2D eigenvalue weighted by Gasteiger charge is -2.22. The maximum Gasteiger partial charge on any atom is 0.254 e. The second-order valence-corrected chi connectivity index (χ2v) is 5.96. The largest absolute Gasteiger partial charge is 0.334 e. The van der Waals surface area contributed by atoms with E-state index in [0.717, 1.165) is 16.5 Å². The molecule has 3 nitrogen and oxygen atoms in total. The minimum atomic E-state index is 0.0266. The minimum absolute atomic E-state index is 0.0266. The Hall–Kier alpha value is -2.12. The standard InChI is InChI=1S/C18H17BrN2O/c1-2-11-21(13-15-5-3-14(12-20)4-6-15)18(22)16-7-9-17(19)10-8-16/h3-10H,2,11,13H2,1H3. The summed E-state index contributed by atoms with van der Waals surface area (Å²) in [4.78, 5) is 14.5. The highest BCUT2D eigenvalue weighted by Gasteiger charge is 2.15. The van der Waals surface area contributed by atoms with E-state index in [0.29, 0.717) is 24.2 Å². The van der Waals surface area contributed by atoms with Crippen LogP contribution in [0.25, 0.3) is 0 Å². The Morgan fingerprint density at radius 1 is 1.14 bits per heavy atom. The van der Waals surface area contributed by atoms with Gasteiger partial charge in [0.15, 0.2) is 0 Å². The van der Waals surface area contributed by atoms with Gasteiger partial charge in [-0.2, -0.15) is 5.26 Å². The topological polar surface area (TPSA) is 44.1 Å². The predicted octanol–water partition coefficient (Wildman–Crippen LogP) is 4.37. The van der Waals surface area contributed by atoms with Gasteiger partial charge in [-0.05, 0) is 48.4 Å². The first-order chi connectivity index (χ1) is 10.6. The highest BCUT2D eigenvalue weighted by molar-refractivity contribution is 9.10. The molecule has 0 bridgehead atoms. The van der Waals surface area contributed by atoms with Gasteiger partial charge in [-0.1, -0.05) is 35.0 Å². The molecule has 0 radical (unpaired) electrons. The summed E-state index contributed by atoms with van der Waals surface area (Å²) in [5.74, 6) is 0.0266. The minimum Gasteiger partial charge on any atom is -0.334 e. The van der Waals surface area contributed by atoms with Gasteiger partial charge in [-0.3, -0.25) is 4.79 Å². The second kappa shape index (κ2) is 7.77. The maximum atomic E-state index is 12.6. The second-order valence-electron chi connectivity index (χ2n) is 5.04. The predicted molar refractivity (Wildman–Crippen MR) is 90.3 cm³/mol. The van der Waals surface area contributed by atoms with Crippen molar-refractivity contribution in [1.29, 1.82) is 5.26 Å². The van der Waals surface area contributed by atoms with Crippen LogP contribution in [0.3, 0.4) is 0 Å². The van der Waals surface area contributed by atoms with Crippen LogP contribution >= 0.6 is 15.9 Å². The molecule has 22 heavy (non-hydrogen) atoms. The first-order valence-electron chi connectivity index (χ1n) is 7.18. The average molecular weight is 357 g/mol. The molecule has 0 aromatic heterocycles. The van der Waals surface area contributed by atoms with E-state index in [1.165, 1.54) is 0 Å². The third-order valence-electron chi connectivity index (χ3n) is 3.33. The van der Waals surface area contributed by atoms with E-state index in [2.05, 4.69) is 28.9 Å². The molecule has 2 aromatic carbocycles. The van der Waals surface area contributed by atoms with Crippen molar-refractivity contribution in [3.05, 3.63) is 69.7 Å². The number of carbonyl (C=O) groups excluding carboxylic acids is 1. The Kier molecular flexibility index (Phi) is 5.74. The van der Waals surface area contributed by atoms with E-state index in [-0.39, 0.29) is 5.91 Å². The zero-order valence-electron chi connectivity index (χ0n) is 12.4. The van der Waals surface area contributed by atoms with E-state index in [9.17, 15) is 4.79 Å². The van der Waals surface area contributed by atoms with Crippen molar-refractivity contribution in [2.24, 2.45) is 0 Å². The fraction of sp³-hybridized carbons (Fsp3) is 0.222. The van der Waals surface area contributed by atoms with E-state index in [1.54, 1.807) is 12.1 Å². The maximum absolute atomic E-state index is 12.6. The first-order valence-corrected chi connectivity index (χ1v) is 7.97. The molecular weight excluding hydrogens is 340 g/mol. The molecule has 0 N–H and O–H groups in total. The van der Waals surface area contributed by atoms with Gasteiger partial charge in [0.1, 0.15) is 0 Å². The summed E-state index contributed by atoms with van der Waals surface area (Å²) >= 11 is 3.38. The van der Waals surface area contributed by atoms with Crippen LogP contribution in [0.4, 0.5) is 0 Å². The van der Waals surface area contributed by atoms with Crippen LogP contribution in [0.15, 0.2) is 53.0 Å². The van der Waals surface area contributed by atoms with Gasteiger partial charge in [0, 0.05) is 23.1 Å². The molecule has 0 unspecified atom stereocenters. The fourth-order valence-corrected chi connectivity index (χ4v) is 2.47. The van der Waals surface area contributed by atoms with Gasteiger partial charge in [-0.15, -0.1) is 0 Å². The fourth-order valence-electron chi connectivity index (χ4n) is 2.20. The van der Waals surface area contributed by atoms with Crippen molar-refractivity contribution in [3.8, 4) is 6.07 Å². The zero-order valence-corrected chi connectivity index (χ0v) is 14.0. The number of amides is 1. The third kappa shape index (κ3) is 4.19. The molecule has 0 heterocycles. The number of carbonyl (C=O) groups is 1. The van der Waals surface area contributed by atoms with Crippen LogP contribution in [-0.2, 0) is 6.54 Å². The molecule has 0 spiro atoms. The molecule has 0 fully saturated rings. The van der Waals surface area contributed by atoms with Gasteiger partial charge in [0.05, 0.1) is 11.6 Å². The van der Waals surface area contributed by atoms with E-state index in [4.69, 9.17) is 5.26 Å². The summed E-state index contributed by atoms with van der Waals surface area (Å²) in [6, 6.07) is 16.9. The quantitative estimate of drug-likeness (QED) is 0.797. The van der Waals surface area contributed by atoms with Crippen LogP contribution in [0.1, 0.15) is 34.8 Å². The van der Waals surface area contributed by atoms with E-state index in [1.807, 2.05) is 41.3 Å². The highest BCUT2D eigenvalue weighted by atomic mass is 79.9. The van der Waals surface area contributed by atoms with E-state index < -0.39 is 0 Å². The number of benzene rings is 2. The molecule has 4 heteroatoms. The normalized spacial score (nSPS) is 10.0. The lowest BCUT2D eigenvalue weighted by atomic mass is 10.1. The Labute approximate surface area is 139 Å². The summed E-state index contributed by atoms with van der Waals surface area (Å²) in [7, 11) is 0. The molecule has 112 valence electrons. The van der Waals surface area contributed by atoms with Crippen molar-refractivity contribution in [1.82, 2.24) is 4.90 Å². The van der Waals surface area contributed by atoms with Gasteiger partial charge >= 0.3 is 0 Å². The molecule has 1 amide bonds. The number of hydrogen-bond donors (Lipinski definition) is 0. The molecule has 0 saturated heterocycles. The van der Waals surface area contributed by atoms with Crippen LogP contribution in [0.2, 0.25) is 0 Å². The molecule has 0 aliphatic carbocycles. The van der Waals surface area contributed by atoms with Gasteiger partial charge in [0.2, 0.25) is 0 Å². The summed E-state index contributed by atoms with van der Waals surface area (Å²) in [6.07, 6.45) is 0.901. The molecule has 2 rings (SSSR count). The van der Waals surface area contributed by atoms with Crippen LogP contribution in [-0.4, -0.2) is 17.4 Å². The smallest absolute Gasteiger partial charge is 0.254 e. The van der Waals surface area contributed by atoms with Gasteiger partial charge in [-0.25, -0.2) is 0 Å². The summed E-state index contributed by atoms with van der Waals surface area (Å²) in [6.45, 7) is 3.31. The third-order valence-corrected chi connectivity index (χ3v) is 3.86. The van der Waals surface area contributed by atoms with Crippen LogP contribution in [0, 0.1) is 11.3 Å². The zero-order chi connectivity index (χ0) is 15.9. The van der Waals surface area contributed by atoms with Crippen molar-refractivity contribution < 1.29 is 4.79 Å². The number of halogens is 1. The SMILES string of the molecule is CCCN(Cc1ccc(C#N)cc1)C(=O)c1ccc(Br)cc1. The number of rotatable bonds is 5. The van der Waals surface area contributed by atoms with E-state index >= 15 is 0 Å². The molecule has 0 aliphatic rings. The van der Waals surface area contributed by atoms with Crippen LogP contribution in [0.5, 0.6) is 0 Å². The summed E-state index contributed by atoms with van der Waals surface area (Å²) < 4.78 is 0.957. The monoisotopic (exact) mass is 356 g/mol. The van der Waals surface area contributed by atoms with Crippen molar-refractivity contribution in [3.63, 3.8) is 0 Å². The number of nitriles is 1. The molecule has 0 aliphatic heterocycles. The molecule has 2 aromatic rings. The average Bonchev–Trinajstić information content (AvgIpc) is 2.55. The Balaban J connectivity index is 2.16. The van der Waals surface area contributed by atoms with Crippen molar-refractivity contribution in [2.75, 3.05) is 6.54 Å². The summed E-state index contributed by atoms with van der Waals surface area (Å²) in [5, 5.41) is 8.84. The Morgan fingerprint density at radius 3 is 2.32 bits per heavy atom. The Bertz CT molecular complexity index is 672. The molecule has 0 saturated carbocycles. The van der Waals surface area contributed by atoms with Crippen LogP contribution < -0.4 is 0 Å².